The summed E-state index contributed by atoms with van der Waals surface area (Å²) >= 11 is 0. The number of H-pyrrole nitrogens is 1. The predicted molar refractivity (Wildman–Crippen MR) is 100 cm³/mol. The second-order valence-corrected chi connectivity index (χ2v) is 5.69. The molecule has 0 bridgehead atoms. The Labute approximate surface area is 155 Å². The summed E-state index contributed by atoms with van der Waals surface area (Å²) in [6.45, 7) is 6.32. The van der Waals surface area contributed by atoms with E-state index >= 15 is 0 Å². The number of aromatic nitrogens is 2. The number of benzene rings is 1. The lowest BCUT2D eigenvalue weighted by Gasteiger charge is -2.16. The van der Waals surface area contributed by atoms with Crippen LogP contribution < -0.4 is 15.0 Å². The highest BCUT2D eigenvalue weighted by Gasteiger charge is 2.21. The van der Waals surface area contributed by atoms with Crippen molar-refractivity contribution in [3.63, 3.8) is 0 Å². The Bertz CT molecular complexity index is 906. The molecule has 0 saturated heterocycles. The summed E-state index contributed by atoms with van der Waals surface area (Å²) in [6.07, 6.45) is 3.95. The summed E-state index contributed by atoms with van der Waals surface area (Å²) in [5, 5.41) is 20.3. The number of hydrogen-bond donors (Lipinski definition) is 2. The van der Waals surface area contributed by atoms with Crippen LogP contribution >= 0.6 is 0 Å². The van der Waals surface area contributed by atoms with Crippen molar-refractivity contribution in [2.45, 2.75) is 33.3 Å². The molecule has 9 nitrogen and oxygen atoms in total. The first kappa shape index (κ1) is 20.0. The number of aromatic amines is 1. The van der Waals surface area contributed by atoms with Crippen molar-refractivity contribution in [2.75, 3.05) is 6.61 Å². The van der Waals surface area contributed by atoms with Gasteiger partial charge in [0.05, 0.1) is 17.6 Å². The topological polar surface area (TPSA) is 128 Å². The average molecular weight is 375 g/mol. The van der Waals surface area contributed by atoms with Gasteiger partial charge in [-0.25, -0.2) is 0 Å². The molecule has 1 heterocycles. The Morgan fingerprint density at radius 3 is 2.67 bits per heavy atom. The van der Waals surface area contributed by atoms with Crippen LogP contribution in [0.2, 0.25) is 0 Å². The van der Waals surface area contributed by atoms with Crippen molar-refractivity contribution in [3.05, 3.63) is 50.1 Å². The van der Waals surface area contributed by atoms with E-state index in [1.807, 2.05) is 20.8 Å². The first-order valence-corrected chi connectivity index (χ1v) is 8.44. The highest BCUT2D eigenvalue weighted by atomic mass is 16.6. The van der Waals surface area contributed by atoms with Gasteiger partial charge in [0.1, 0.15) is 5.82 Å². The molecule has 2 rings (SSSR count). The second-order valence-electron chi connectivity index (χ2n) is 5.69. The standard InChI is InChI=1S/C18H21N3O6/c1-4-11(3)27-13-8-6-12(10-14(13)26-5-2)7-9-15-19-17(22)16(21(24)25)18(23)20-15/h6-11H,4-5H2,1-3H3,(H2,19,20,22,23)/b9-7+/t11-/m1/s1. The van der Waals surface area contributed by atoms with Crippen molar-refractivity contribution >= 4 is 17.8 Å². The molecule has 0 aliphatic carbocycles. The molecule has 0 radical (unpaired) electrons. The summed E-state index contributed by atoms with van der Waals surface area (Å²) in [7, 11) is 0. The number of ether oxygens (including phenoxy) is 2. The van der Waals surface area contributed by atoms with Crippen LogP contribution in [0.4, 0.5) is 5.69 Å². The first-order chi connectivity index (χ1) is 12.8. The molecule has 0 aliphatic heterocycles. The maximum Gasteiger partial charge on any atom is 0.395 e. The lowest BCUT2D eigenvalue weighted by molar-refractivity contribution is -0.387. The van der Waals surface area contributed by atoms with Gasteiger partial charge in [-0.3, -0.25) is 14.9 Å². The van der Waals surface area contributed by atoms with E-state index < -0.39 is 22.0 Å². The molecule has 0 fully saturated rings. The van der Waals surface area contributed by atoms with Crippen LogP contribution in [0.1, 0.15) is 38.6 Å². The zero-order chi connectivity index (χ0) is 20.0. The molecule has 0 saturated carbocycles. The maximum absolute atomic E-state index is 11.7. The van der Waals surface area contributed by atoms with E-state index in [0.29, 0.717) is 18.1 Å². The largest absolute Gasteiger partial charge is 0.490 e. The highest BCUT2D eigenvalue weighted by Crippen LogP contribution is 2.30. The summed E-state index contributed by atoms with van der Waals surface area (Å²) in [5.74, 6) is 0.257. The van der Waals surface area contributed by atoms with Gasteiger partial charge in [-0.1, -0.05) is 19.1 Å². The van der Waals surface area contributed by atoms with Crippen molar-refractivity contribution in [3.8, 4) is 17.4 Å². The third-order valence-corrected chi connectivity index (χ3v) is 3.68. The summed E-state index contributed by atoms with van der Waals surface area (Å²) in [5.41, 5.74) is -1.28. The summed E-state index contributed by atoms with van der Waals surface area (Å²) in [4.78, 5) is 27.2. The quantitative estimate of drug-likeness (QED) is 0.536. The van der Waals surface area contributed by atoms with Gasteiger partial charge in [-0.2, -0.15) is 4.98 Å². The maximum atomic E-state index is 11.7. The van der Waals surface area contributed by atoms with E-state index in [9.17, 15) is 20.0 Å². The first-order valence-electron chi connectivity index (χ1n) is 8.44. The minimum absolute atomic E-state index is 0.0130. The fourth-order valence-electron chi connectivity index (χ4n) is 2.18. The smallest absolute Gasteiger partial charge is 0.395 e. The molecule has 9 heteroatoms. The molecular weight excluding hydrogens is 354 g/mol. The van der Waals surface area contributed by atoms with Crippen LogP contribution in [0.25, 0.3) is 12.2 Å². The second kappa shape index (κ2) is 8.84. The molecule has 2 N–H and O–H groups in total. The minimum atomic E-state index is -1.03. The Morgan fingerprint density at radius 1 is 1.33 bits per heavy atom. The van der Waals surface area contributed by atoms with E-state index in [1.54, 1.807) is 24.3 Å². The van der Waals surface area contributed by atoms with Crippen LogP contribution in [0.5, 0.6) is 17.4 Å². The fourth-order valence-corrected chi connectivity index (χ4v) is 2.18. The van der Waals surface area contributed by atoms with Crippen LogP contribution in [-0.2, 0) is 0 Å². The van der Waals surface area contributed by atoms with Crippen molar-refractivity contribution in [1.29, 1.82) is 0 Å². The normalized spacial score (nSPS) is 12.1. The van der Waals surface area contributed by atoms with Gasteiger partial charge in [0.2, 0.25) is 0 Å². The SMILES string of the molecule is CCOc1cc(/C=C/c2nc(O)c([N+](=O)[O-])c(=O)[nH]2)ccc1O[C@H](C)CC. The number of nitrogens with one attached hydrogen (secondary N) is 1. The van der Waals surface area contributed by atoms with Crippen molar-refractivity contribution in [1.82, 2.24) is 9.97 Å². The summed E-state index contributed by atoms with van der Waals surface area (Å²) in [6, 6.07) is 5.33. The molecule has 27 heavy (non-hydrogen) atoms. The van der Waals surface area contributed by atoms with E-state index in [1.165, 1.54) is 6.08 Å². The molecular formula is C18H21N3O6. The van der Waals surface area contributed by atoms with E-state index in [0.717, 1.165) is 12.0 Å². The molecule has 0 unspecified atom stereocenters. The molecule has 0 aliphatic rings. The van der Waals surface area contributed by atoms with Gasteiger partial charge >= 0.3 is 11.2 Å². The van der Waals surface area contributed by atoms with Gasteiger partial charge in [0.15, 0.2) is 11.5 Å². The van der Waals surface area contributed by atoms with Crippen molar-refractivity contribution in [2.24, 2.45) is 0 Å². The Kier molecular flexibility index (Phi) is 6.53. The third kappa shape index (κ3) is 5.06. The average Bonchev–Trinajstić information content (AvgIpc) is 2.61. The van der Waals surface area contributed by atoms with E-state index in [2.05, 4.69) is 9.97 Å². The minimum Gasteiger partial charge on any atom is -0.490 e. The lowest BCUT2D eigenvalue weighted by Crippen LogP contribution is -2.14. The van der Waals surface area contributed by atoms with Gasteiger partial charge < -0.3 is 19.6 Å². The Hall–Kier alpha value is -3.36. The molecule has 0 amide bonds. The Morgan fingerprint density at radius 2 is 2.07 bits per heavy atom. The molecule has 1 aromatic heterocycles. The lowest BCUT2D eigenvalue weighted by atomic mass is 10.2. The number of nitro groups is 1. The van der Waals surface area contributed by atoms with E-state index in [4.69, 9.17) is 9.47 Å². The molecule has 1 aromatic carbocycles. The van der Waals surface area contributed by atoms with Crippen LogP contribution in [-0.4, -0.2) is 32.7 Å². The van der Waals surface area contributed by atoms with Crippen molar-refractivity contribution < 1.29 is 19.5 Å². The monoisotopic (exact) mass is 375 g/mol. The van der Waals surface area contributed by atoms with Gasteiger partial charge in [0, 0.05) is 0 Å². The zero-order valence-corrected chi connectivity index (χ0v) is 15.3. The number of hydrogen-bond acceptors (Lipinski definition) is 7. The Balaban J connectivity index is 2.30. The van der Waals surface area contributed by atoms with Crippen LogP contribution in [0, 0.1) is 10.1 Å². The summed E-state index contributed by atoms with van der Waals surface area (Å²) < 4.78 is 11.4. The zero-order valence-electron chi connectivity index (χ0n) is 15.3. The molecule has 0 spiro atoms. The van der Waals surface area contributed by atoms with Gasteiger partial charge in [0.25, 0.3) is 5.88 Å². The van der Waals surface area contributed by atoms with Crippen LogP contribution in [0.15, 0.2) is 23.0 Å². The molecule has 1 atom stereocenters. The van der Waals surface area contributed by atoms with Gasteiger partial charge in [-0.15, -0.1) is 0 Å². The fraction of sp³-hybridized carbons (Fsp3) is 0.333. The van der Waals surface area contributed by atoms with Gasteiger partial charge in [-0.05, 0) is 44.0 Å². The third-order valence-electron chi connectivity index (χ3n) is 3.68. The van der Waals surface area contributed by atoms with Crippen LogP contribution in [0.3, 0.4) is 0 Å². The number of aromatic hydroxyl groups is 1. The predicted octanol–water partition coefficient (Wildman–Crippen LogP) is 3.13. The van der Waals surface area contributed by atoms with E-state index in [-0.39, 0.29) is 11.9 Å². The molecule has 144 valence electrons. The highest BCUT2D eigenvalue weighted by molar-refractivity contribution is 5.68. The number of rotatable bonds is 8. The number of nitrogens with zero attached hydrogens (tertiary/aromatic N) is 2. The molecule has 2 aromatic rings.